The Bertz CT molecular complexity index is 667. The molecule has 102 valence electrons. The number of hydrogen-bond acceptors (Lipinski definition) is 5. The SMILES string of the molecule is COc1ccc(-c2cc(C)c(C#N)c(N)n2)c(OC)c1. The third-order valence-electron chi connectivity index (χ3n) is 3.04. The molecule has 0 amide bonds. The van der Waals surface area contributed by atoms with E-state index in [-0.39, 0.29) is 5.82 Å². The summed E-state index contributed by atoms with van der Waals surface area (Å²) in [6.45, 7) is 1.83. The molecule has 0 atom stereocenters. The van der Waals surface area contributed by atoms with Crippen LogP contribution in [0.4, 0.5) is 5.82 Å². The Morgan fingerprint density at radius 1 is 1.20 bits per heavy atom. The monoisotopic (exact) mass is 269 g/mol. The molecule has 2 rings (SSSR count). The van der Waals surface area contributed by atoms with Gasteiger partial charge in [0.1, 0.15) is 23.4 Å². The van der Waals surface area contributed by atoms with Gasteiger partial charge in [0, 0.05) is 11.6 Å². The van der Waals surface area contributed by atoms with Crippen molar-refractivity contribution < 1.29 is 9.47 Å². The van der Waals surface area contributed by atoms with Crippen molar-refractivity contribution in [3.05, 3.63) is 35.4 Å². The summed E-state index contributed by atoms with van der Waals surface area (Å²) in [5, 5.41) is 9.02. The van der Waals surface area contributed by atoms with E-state index in [1.165, 1.54) is 0 Å². The molecule has 0 radical (unpaired) electrons. The van der Waals surface area contributed by atoms with Crippen LogP contribution in [0.5, 0.6) is 11.5 Å². The standard InChI is InChI=1S/C15H15N3O2/c1-9-6-13(18-15(17)12(9)8-16)11-5-4-10(19-2)7-14(11)20-3/h4-7H,1-3H3,(H2,17,18). The highest BCUT2D eigenvalue weighted by Crippen LogP contribution is 2.33. The number of benzene rings is 1. The second-order valence-electron chi connectivity index (χ2n) is 4.26. The molecule has 1 aromatic carbocycles. The summed E-state index contributed by atoms with van der Waals surface area (Å²) in [4.78, 5) is 4.27. The number of nitrogen functional groups attached to an aromatic ring is 1. The molecule has 5 heteroatoms. The fraction of sp³-hybridized carbons (Fsp3) is 0.200. The summed E-state index contributed by atoms with van der Waals surface area (Å²) in [6.07, 6.45) is 0. The Hall–Kier alpha value is -2.74. The maximum Gasteiger partial charge on any atom is 0.142 e. The van der Waals surface area contributed by atoms with Gasteiger partial charge < -0.3 is 15.2 Å². The molecule has 2 aromatic rings. The molecule has 0 fully saturated rings. The van der Waals surface area contributed by atoms with E-state index in [4.69, 9.17) is 20.5 Å². The molecule has 1 heterocycles. The van der Waals surface area contributed by atoms with Gasteiger partial charge in [-0.15, -0.1) is 0 Å². The van der Waals surface area contributed by atoms with Crippen molar-refractivity contribution in [3.8, 4) is 28.8 Å². The minimum Gasteiger partial charge on any atom is -0.497 e. The zero-order valence-electron chi connectivity index (χ0n) is 11.6. The van der Waals surface area contributed by atoms with E-state index in [1.54, 1.807) is 20.3 Å². The molecular weight excluding hydrogens is 254 g/mol. The lowest BCUT2D eigenvalue weighted by Crippen LogP contribution is -2.00. The largest absolute Gasteiger partial charge is 0.497 e. The van der Waals surface area contributed by atoms with Gasteiger partial charge in [0.25, 0.3) is 0 Å². The highest BCUT2D eigenvalue weighted by molar-refractivity contribution is 5.72. The van der Waals surface area contributed by atoms with E-state index >= 15 is 0 Å². The van der Waals surface area contributed by atoms with Crippen molar-refractivity contribution in [2.45, 2.75) is 6.92 Å². The zero-order chi connectivity index (χ0) is 14.7. The predicted octanol–water partition coefficient (Wildman–Crippen LogP) is 2.53. The van der Waals surface area contributed by atoms with Crippen LogP contribution in [0.15, 0.2) is 24.3 Å². The van der Waals surface area contributed by atoms with Gasteiger partial charge in [-0.2, -0.15) is 5.26 Å². The highest BCUT2D eigenvalue weighted by Gasteiger charge is 2.13. The molecule has 20 heavy (non-hydrogen) atoms. The predicted molar refractivity (Wildman–Crippen MR) is 76.6 cm³/mol. The van der Waals surface area contributed by atoms with Crippen molar-refractivity contribution in [1.29, 1.82) is 5.26 Å². The Morgan fingerprint density at radius 2 is 1.95 bits per heavy atom. The Kier molecular flexibility index (Phi) is 3.76. The number of methoxy groups -OCH3 is 2. The minimum absolute atomic E-state index is 0.223. The van der Waals surface area contributed by atoms with Crippen LogP contribution >= 0.6 is 0 Å². The van der Waals surface area contributed by atoms with E-state index in [9.17, 15) is 0 Å². The van der Waals surface area contributed by atoms with Crippen LogP contribution in [-0.4, -0.2) is 19.2 Å². The summed E-state index contributed by atoms with van der Waals surface area (Å²) in [5.41, 5.74) is 8.47. The molecule has 0 aliphatic heterocycles. The third-order valence-corrected chi connectivity index (χ3v) is 3.04. The first kappa shape index (κ1) is 13.7. The van der Waals surface area contributed by atoms with Crippen LogP contribution in [0.1, 0.15) is 11.1 Å². The number of ether oxygens (including phenoxy) is 2. The van der Waals surface area contributed by atoms with E-state index in [0.717, 1.165) is 11.1 Å². The van der Waals surface area contributed by atoms with E-state index in [1.807, 2.05) is 25.1 Å². The van der Waals surface area contributed by atoms with Gasteiger partial charge in [-0.3, -0.25) is 0 Å². The smallest absolute Gasteiger partial charge is 0.142 e. The maximum absolute atomic E-state index is 9.02. The van der Waals surface area contributed by atoms with E-state index in [0.29, 0.717) is 22.8 Å². The molecule has 0 saturated carbocycles. The first-order chi connectivity index (χ1) is 9.60. The van der Waals surface area contributed by atoms with Gasteiger partial charge in [0.2, 0.25) is 0 Å². The first-order valence-corrected chi connectivity index (χ1v) is 6.00. The molecule has 0 bridgehead atoms. The lowest BCUT2D eigenvalue weighted by Gasteiger charge is -2.11. The molecule has 1 aromatic heterocycles. The molecule has 5 nitrogen and oxygen atoms in total. The second-order valence-corrected chi connectivity index (χ2v) is 4.26. The fourth-order valence-electron chi connectivity index (χ4n) is 1.99. The van der Waals surface area contributed by atoms with Gasteiger partial charge in [0.05, 0.1) is 25.5 Å². The maximum atomic E-state index is 9.02. The molecule has 0 unspecified atom stereocenters. The first-order valence-electron chi connectivity index (χ1n) is 6.00. The molecular formula is C15H15N3O2. The Morgan fingerprint density at radius 3 is 2.50 bits per heavy atom. The third kappa shape index (κ3) is 2.36. The van der Waals surface area contributed by atoms with Crippen molar-refractivity contribution in [1.82, 2.24) is 4.98 Å². The highest BCUT2D eigenvalue weighted by atomic mass is 16.5. The van der Waals surface area contributed by atoms with Crippen molar-refractivity contribution in [3.63, 3.8) is 0 Å². The average molecular weight is 269 g/mol. The van der Waals surface area contributed by atoms with E-state index < -0.39 is 0 Å². The number of nitrogens with two attached hydrogens (primary N) is 1. The minimum atomic E-state index is 0.223. The van der Waals surface area contributed by atoms with Crippen molar-refractivity contribution >= 4 is 5.82 Å². The second kappa shape index (κ2) is 5.49. The number of aryl methyl sites for hydroxylation is 1. The number of aromatic nitrogens is 1. The number of anilines is 1. The number of hydrogen-bond donors (Lipinski definition) is 1. The van der Waals surface area contributed by atoms with Crippen LogP contribution in [0, 0.1) is 18.3 Å². The number of nitriles is 1. The van der Waals surface area contributed by atoms with Crippen molar-refractivity contribution in [2.24, 2.45) is 0 Å². The summed E-state index contributed by atoms with van der Waals surface area (Å²) in [5.74, 6) is 1.56. The molecule has 2 N–H and O–H groups in total. The van der Waals surface area contributed by atoms with Crippen LogP contribution in [0.2, 0.25) is 0 Å². The topological polar surface area (TPSA) is 81.2 Å². The lowest BCUT2D eigenvalue weighted by molar-refractivity contribution is 0.395. The van der Waals surface area contributed by atoms with Gasteiger partial charge >= 0.3 is 0 Å². The lowest BCUT2D eigenvalue weighted by atomic mass is 10.0. The van der Waals surface area contributed by atoms with Crippen LogP contribution < -0.4 is 15.2 Å². The van der Waals surface area contributed by atoms with Gasteiger partial charge in [-0.25, -0.2) is 4.98 Å². The Balaban J connectivity index is 2.60. The Labute approximate surface area is 117 Å². The summed E-state index contributed by atoms with van der Waals surface area (Å²) >= 11 is 0. The number of nitrogens with zero attached hydrogens (tertiary/aromatic N) is 2. The number of pyridine rings is 1. The van der Waals surface area contributed by atoms with Gasteiger partial charge in [-0.05, 0) is 30.7 Å². The normalized spacial score (nSPS) is 9.90. The quantitative estimate of drug-likeness (QED) is 0.926. The summed E-state index contributed by atoms with van der Waals surface area (Å²) < 4.78 is 10.5. The van der Waals surface area contributed by atoms with Crippen LogP contribution in [-0.2, 0) is 0 Å². The molecule has 0 aliphatic carbocycles. The van der Waals surface area contributed by atoms with Gasteiger partial charge in [-0.1, -0.05) is 0 Å². The van der Waals surface area contributed by atoms with Gasteiger partial charge in [0.15, 0.2) is 0 Å². The van der Waals surface area contributed by atoms with Crippen LogP contribution in [0.25, 0.3) is 11.3 Å². The zero-order valence-corrected chi connectivity index (χ0v) is 11.6. The number of rotatable bonds is 3. The molecule has 0 saturated heterocycles. The molecule has 0 spiro atoms. The summed E-state index contributed by atoms with van der Waals surface area (Å²) in [7, 11) is 3.18. The molecule has 0 aliphatic rings. The average Bonchev–Trinajstić information content (AvgIpc) is 2.46. The van der Waals surface area contributed by atoms with Crippen LogP contribution in [0.3, 0.4) is 0 Å². The summed E-state index contributed by atoms with van der Waals surface area (Å²) in [6, 6.07) is 9.32. The fourth-order valence-corrected chi connectivity index (χ4v) is 1.99. The van der Waals surface area contributed by atoms with E-state index in [2.05, 4.69) is 11.1 Å². The van der Waals surface area contributed by atoms with Crippen molar-refractivity contribution in [2.75, 3.05) is 20.0 Å².